The number of phosphoric ester groups is 1. The molecule has 0 rings (SSSR count). The summed E-state index contributed by atoms with van der Waals surface area (Å²) in [6.07, 6.45) is 41.1. The zero-order chi connectivity index (χ0) is 39.8. The number of ether oxygens (including phenoxy) is 2. The number of carbonyl (C=O) groups excluding carboxylic acids is 2. The third-order valence-corrected chi connectivity index (χ3v) is 11.0. The number of hydrogen-bond donors (Lipinski definition) is 3. The fourth-order valence-electron chi connectivity index (χ4n) is 6.70. The second-order valence-corrected chi connectivity index (χ2v) is 17.0. The van der Waals surface area contributed by atoms with Gasteiger partial charge < -0.3 is 24.6 Å². The quantitative estimate of drug-likeness (QED) is 0.0309. The standard InChI is InChI=1S/C43H85O10P/c1-3-4-5-6-7-8-9-10-11-12-13-14-15-16-17-18-19-20-21-22-23-24-25-26-27-28-29-30-31-32-33-34-35-43(47)50-38-42(53-40(2)45)39-52-54(48,49)51-37-41(46)36-44/h41-42,44,46H,3-39H2,1-2H3,(H,48,49)/t41-,42+/m0/s1. The summed E-state index contributed by atoms with van der Waals surface area (Å²) in [5.74, 6) is -1.10. The molecule has 0 fully saturated rings. The molecule has 1 unspecified atom stereocenters. The number of esters is 2. The Morgan fingerprint density at radius 1 is 0.519 bits per heavy atom. The summed E-state index contributed by atoms with van der Waals surface area (Å²) < 4.78 is 31.4. The molecule has 0 aromatic rings. The minimum atomic E-state index is -4.56. The number of carbonyl (C=O) groups is 2. The monoisotopic (exact) mass is 793 g/mol. The maximum Gasteiger partial charge on any atom is 0.472 e. The van der Waals surface area contributed by atoms with E-state index in [0.29, 0.717) is 6.42 Å². The third kappa shape index (κ3) is 40.6. The van der Waals surface area contributed by atoms with Gasteiger partial charge in [-0.3, -0.25) is 18.6 Å². The van der Waals surface area contributed by atoms with E-state index in [1.165, 1.54) is 186 Å². The van der Waals surface area contributed by atoms with Crippen molar-refractivity contribution in [3.8, 4) is 0 Å². The van der Waals surface area contributed by atoms with Crippen molar-refractivity contribution in [2.45, 2.75) is 238 Å². The van der Waals surface area contributed by atoms with Crippen LogP contribution in [-0.4, -0.2) is 65.7 Å². The average Bonchev–Trinajstić information content (AvgIpc) is 3.15. The molecule has 0 saturated carbocycles. The molecule has 3 N–H and O–H groups in total. The fraction of sp³-hybridized carbons (Fsp3) is 0.953. The summed E-state index contributed by atoms with van der Waals surface area (Å²) >= 11 is 0. The lowest BCUT2D eigenvalue weighted by atomic mass is 10.0. The van der Waals surface area contributed by atoms with Crippen LogP contribution in [0.2, 0.25) is 0 Å². The van der Waals surface area contributed by atoms with Crippen molar-refractivity contribution in [2.75, 3.05) is 26.4 Å². The highest BCUT2D eigenvalue weighted by Gasteiger charge is 2.26. The number of unbranched alkanes of at least 4 members (excludes halogenated alkanes) is 31. The lowest BCUT2D eigenvalue weighted by Crippen LogP contribution is -2.29. The maximum absolute atomic E-state index is 12.1. The average molecular weight is 793 g/mol. The lowest BCUT2D eigenvalue weighted by molar-refractivity contribution is -0.159. The Bertz CT molecular complexity index is 873. The van der Waals surface area contributed by atoms with Gasteiger partial charge in [0.15, 0.2) is 6.10 Å². The molecule has 0 radical (unpaired) electrons. The van der Waals surface area contributed by atoms with Gasteiger partial charge in [-0.25, -0.2) is 4.57 Å². The van der Waals surface area contributed by atoms with Gasteiger partial charge in [0.1, 0.15) is 12.7 Å². The van der Waals surface area contributed by atoms with E-state index >= 15 is 0 Å². The number of hydrogen-bond acceptors (Lipinski definition) is 9. The van der Waals surface area contributed by atoms with Crippen molar-refractivity contribution in [2.24, 2.45) is 0 Å². The molecule has 0 aromatic carbocycles. The minimum Gasteiger partial charge on any atom is -0.462 e. The molecule has 0 aliphatic heterocycles. The molecule has 0 spiro atoms. The first-order valence-corrected chi connectivity index (χ1v) is 23.9. The summed E-state index contributed by atoms with van der Waals surface area (Å²) in [7, 11) is -4.56. The molecule has 0 saturated heterocycles. The van der Waals surface area contributed by atoms with Crippen molar-refractivity contribution in [3.05, 3.63) is 0 Å². The molecule has 0 aliphatic rings. The van der Waals surface area contributed by atoms with Gasteiger partial charge in [0.25, 0.3) is 0 Å². The van der Waals surface area contributed by atoms with Gasteiger partial charge in [-0.1, -0.05) is 206 Å². The molecule has 3 atom stereocenters. The number of aliphatic hydroxyl groups excluding tert-OH is 2. The van der Waals surface area contributed by atoms with Crippen LogP contribution in [0.5, 0.6) is 0 Å². The summed E-state index contributed by atoms with van der Waals surface area (Å²) in [5, 5.41) is 18.0. The van der Waals surface area contributed by atoms with E-state index in [1.54, 1.807) is 0 Å². The second-order valence-electron chi connectivity index (χ2n) is 15.5. The van der Waals surface area contributed by atoms with Crippen molar-refractivity contribution in [1.29, 1.82) is 0 Å². The van der Waals surface area contributed by atoms with Gasteiger partial charge in [-0.2, -0.15) is 0 Å². The Morgan fingerprint density at radius 3 is 1.15 bits per heavy atom. The molecule has 10 nitrogen and oxygen atoms in total. The Hall–Kier alpha value is -1.03. The topological polar surface area (TPSA) is 149 Å². The minimum absolute atomic E-state index is 0.244. The SMILES string of the molecule is CCCCCCCCCCCCCCCCCCCCCCCCCCCCCCCCCCC(=O)OC[C@H](COP(=O)(O)OC[C@@H](O)CO)OC(C)=O. The largest absolute Gasteiger partial charge is 0.472 e. The normalized spacial score (nSPS) is 13.8. The smallest absolute Gasteiger partial charge is 0.462 e. The Morgan fingerprint density at radius 2 is 0.833 bits per heavy atom. The first-order chi connectivity index (χ1) is 26.2. The second kappa shape index (κ2) is 40.2. The van der Waals surface area contributed by atoms with E-state index in [1.807, 2.05) is 0 Å². The molecule has 0 bridgehead atoms. The van der Waals surface area contributed by atoms with Crippen molar-refractivity contribution in [1.82, 2.24) is 0 Å². The predicted molar refractivity (Wildman–Crippen MR) is 219 cm³/mol. The molecular formula is C43H85O10P. The molecule has 322 valence electrons. The van der Waals surface area contributed by atoms with Crippen LogP contribution in [-0.2, 0) is 32.7 Å². The zero-order valence-electron chi connectivity index (χ0n) is 35.0. The van der Waals surface area contributed by atoms with Crippen LogP contribution in [0.3, 0.4) is 0 Å². The first-order valence-electron chi connectivity index (χ1n) is 22.4. The number of phosphoric acid groups is 1. The molecule has 0 aliphatic carbocycles. The van der Waals surface area contributed by atoms with Gasteiger partial charge in [-0.15, -0.1) is 0 Å². The summed E-state index contributed by atoms with van der Waals surface area (Å²) in [6.45, 7) is 1.32. The van der Waals surface area contributed by atoms with E-state index in [-0.39, 0.29) is 13.0 Å². The molecule has 54 heavy (non-hydrogen) atoms. The maximum atomic E-state index is 12.1. The summed E-state index contributed by atoms with van der Waals surface area (Å²) in [5.41, 5.74) is 0. The molecule has 0 aromatic heterocycles. The molecule has 0 amide bonds. The Kier molecular flexibility index (Phi) is 39.4. The van der Waals surface area contributed by atoms with Crippen LogP contribution in [0.15, 0.2) is 0 Å². The predicted octanol–water partition coefficient (Wildman–Crippen LogP) is 11.8. The molecule has 0 heterocycles. The van der Waals surface area contributed by atoms with Crippen molar-refractivity contribution < 1.29 is 47.8 Å². The van der Waals surface area contributed by atoms with E-state index in [9.17, 15) is 24.2 Å². The van der Waals surface area contributed by atoms with Gasteiger partial charge in [0.05, 0.1) is 19.8 Å². The summed E-state index contributed by atoms with van der Waals surface area (Å²) in [4.78, 5) is 33.1. The van der Waals surface area contributed by atoms with Crippen LogP contribution in [0.4, 0.5) is 0 Å². The van der Waals surface area contributed by atoms with Gasteiger partial charge in [0, 0.05) is 13.3 Å². The third-order valence-electron chi connectivity index (χ3n) is 10.1. The molecular weight excluding hydrogens is 707 g/mol. The van der Waals surface area contributed by atoms with Crippen LogP contribution in [0.25, 0.3) is 0 Å². The highest BCUT2D eigenvalue weighted by atomic mass is 31.2. The first kappa shape index (κ1) is 53.0. The summed E-state index contributed by atoms with van der Waals surface area (Å²) in [6, 6.07) is 0. The van der Waals surface area contributed by atoms with E-state index in [4.69, 9.17) is 19.1 Å². The van der Waals surface area contributed by atoms with E-state index in [0.717, 1.165) is 19.8 Å². The van der Waals surface area contributed by atoms with Crippen LogP contribution in [0, 0.1) is 0 Å². The Labute approximate surface area is 331 Å². The number of rotatable bonds is 43. The van der Waals surface area contributed by atoms with Crippen molar-refractivity contribution in [3.63, 3.8) is 0 Å². The highest BCUT2D eigenvalue weighted by Crippen LogP contribution is 2.43. The zero-order valence-corrected chi connectivity index (χ0v) is 35.9. The molecule has 11 heteroatoms. The highest BCUT2D eigenvalue weighted by molar-refractivity contribution is 7.47. The van der Waals surface area contributed by atoms with Gasteiger partial charge >= 0.3 is 19.8 Å². The lowest BCUT2D eigenvalue weighted by Gasteiger charge is -2.19. The van der Waals surface area contributed by atoms with E-state index in [2.05, 4.69) is 11.4 Å². The Balaban J connectivity index is 3.45. The van der Waals surface area contributed by atoms with Gasteiger partial charge in [-0.05, 0) is 6.42 Å². The van der Waals surface area contributed by atoms with Gasteiger partial charge in [0.2, 0.25) is 0 Å². The van der Waals surface area contributed by atoms with Crippen LogP contribution >= 0.6 is 7.82 Å². The van der Waals surface area contributed by atoms with Crippen LogP contribution < -0.4 is 0 Å². The van der Waals surface area contributed by atoms with Crippen molar-refractivity contribution >= 4 is 19.8 Å². The number of aliphatic hydroxyl groups is 2. The van der Waals surface area contributed by atoms with Crippen LogP contribution in [0.1, 0.15) is 226 Å². The van der Waals surface area contributed by atoms with E-state index < -0.39 is 51.8 Å². The fourth-order valence-corrected chi connectivity index (χ4v) is 7.49.